The number of amides is 1. The normalized spacial score (nSPS) is 17.8. The van der Waals surface area contributed by atoms with Crippen LogP contribution in [0, 0.1) is 18.7 Å². The van der Waals surface area contributed by atoms with Gasteiger partial charge in [0.15, 0.2) is 0 Å². The Labute approximate surface area is 218 Å². The molecule has 1 aliphatic carbocycles. The summed E-state index contributed by atoms with van der Waals surface area (Å²) in [5.74, 6) is 1.40. The smallest absolute Gasteiger partial charge is 0.266 e. The highest BCUT2D eigenvalue weighted by Crippen LogP contribution is 2.43. The van der Waals surface area contributed by atoms with Gasteiger partial charge in [-0.3, -0.25) is 4.79 Å². The highest BCUT2D eigenvalue weighted by molar-refractivity contribution is 5.97. The number of aromatic nitrogens is 2. The van der Waals surface area contributed by atoms with Crippen LogP contribution in [-0.4, -0.2) is 40.5 Å². The minimum atomic E-state index is -2.89. The quantitative estimate of drug-likeness (QED) is 0.421. The van der Waals surface area contributed by atoms with Crippen LogP contribution in [0.3, 0.4) is 0 Å². The molecule has 1 aromatic heterocycles. The van der Waals surface area contributed by atoms with E-state index < -0.39 is 23.8 Å². The molecule has 6 rings (SSSR count). The number of halogens is 3. The number of hydrogen-bond acceptors (Lipinski definition) is 5. The van der Waals surface area contributed by atoms with E-state index in [1.807, 2.05) is 11.0 Å². The molecule has 3 aliphatic rings. The summed E-state index contributed by atoms with van der Waals surface area (Å²) in [7, 11) is 0. The number of nitrogens with one attached hydrogen (secondary N) is 1. The number of carbonyl (C=O) groups excluding carboxylic acids is 1. The van der Waals surface area contributed by atoms with Gasteiger partial charge >= 0.3 is 0 Å². The molecule has 1 atom stereocenters. The largest absolute Gasteiger partial charge is 0.492 e. The second kappa shape index (κ2) is 9.60. The molecular formula is C29H29F3N4O2. The van der Waals surface area contributed by atoms with Crippen molar-refractivity contribution in [2.45, 2.75) is 52.0 Å². The minimum absolute atomic E-state index is 0.146. The monoisotopic (exact) mass is 522 g/mol. The standard InChI is InChI=1S/C29H29F3N4O2/c1-15(19-4-3-5-20(24(19)30)27(31)32)33-28-23-14-22(17-8-11-36(12-9-17)29(37)18-6-7-18)26-21(10-13-38-26)25(23)34-16(2)35-28/h3-5,8,14-15,18,27H,6-7,9-13H2,1-2H3,(H,33,34,35)/t15-/m1/s1. The summed E-state index contributed by atoms with van der Waals surface area (Å²) >= 11 is 0. The van der Waals surface area contributed by atoms with Gasteiger partial charge in [-0.05, 0) is 44.7 Å². The highest BCUT2D eigenvalue weighted by atomic mass is 19.3. The van der Waals surface area contributed by atoms with Crippen molar-refractivity contribution in [3.63, 3.8) is 0 Å². The van der Waals surface area contributed by atoms with E-state index in [0.717, 1.165) is 58.7 Å². The van der Waals surface area contributed by atoms with Crippen molar-refractivity contribution in [3.05, 3.63) is 64.2 Å². The number of anilines is 1. The van der Waals surface area contributed by atoms with Gasteiger partial charge in [0.25, 0.3) is 6.43 Å². The topological polar surface area (TPSA) is 67.4 Å². The number of benzene rings is 2. The summed E-state index contributed by atoms with van der Waals surface area (Å²) in [6.07, 6.45) is 2.60. The second-order valence-corrected chi connectivity index (χ2v) is 10.3. The Kier molecular flexibility index (Phi) is 6.24. The van der Waals surface area contributed by atoms with Crippen LogP contribution in [0.2, 0.25) is 0 Å². The molecule has 6 nitrogen and oxygen atoms in total. The van der Waals surface area contributed by atoms with Gasteiger partial charge in [-0.1, -0.05) is 24.3 Å². The first-order chi connectivity index (χ1) is 18.3. The number of rotatable bonds is 6. The van der Waals surface area contributed by atoms with E-state index in [9.17, 15) is 18.0 Å². The van der Waals surface area contributed by atoms with Gasteiger partial charge < -0.3 is 15.0 Å². The highest BCUT2D eigenvalue weighted by Gasteiger charge is 2.34. The lowest BCUT2D eigenvalue weighted by molar-refractivity contribution is -0.132. The predicted octanol–water partition coefficient (Wildman–Crippen LogP) is 6.15. The Morgan fingerprint density at radius 2 is 1.97 bits per heavy atom. The molecule has 1 N–H and O–H groups in total. The van der Waals surface area contributed by atoms with Gasteiger partial charge in [0.1, 0.15) is 23.2 Å². The number of nitrogens with zero attached hydrogens (tertiary/aromatic N) is 3. The number of hydrogen-bond donors (Lipinski definition) is 1. The van der Waals surface area contributed by atoms with E-state index >= 15 is 0 Å². The van der Waals surface area contributed by atoms with Gasteiger partial charge in [-0.25, -0.2) is 23.1 Å². The number of fused-ring (bicyclic) bond motifs is 3. The van der Waals surface area contributed by atoms with E-state index in [1.54, 1.807) is 13.8 Å². The number of carbonyl (C=O) groups is 1. The van der Waals surface area contributed by atoms with Crippen LogP contribution in [0.25, 0.3) is 16.5 Å². The fraction of sp³-hybridized carbons (Fsp3) is 0.414. The van der Waals surface area contributed by atoms with Crippen LogP contribution in [0.4, 0.5) is 19.0 Å². The van der Waals surface area contributed by atoms with Crippen LogP contribution in [-0.2, 0) is 11.2 Å². The molecular weight excluding hydrogens is 493 g/mol. The molecule has 3 aromatic rings. The van der Waals surface area contributed by atoms with Crippen molar-refractivity contribution in [2.75, 3.05) is 25.0 Å². The average molecular weight is 523 g/mol. The Bertz CT molecular complexity index is 1470. The first-order valence-electron chi connectivity index (χ1n) is 13.1. The van der Waals surface area contributed by atoms with Gasteiger partial charge in [0.05, 0.1) is 23.7 Å². The van der Waals surface area contributed by atoms with Crippen molar-refractivity contribution >= 4 is 28.2 Å². The predicted molar refractivity (Wildman–Crippen MR) is 139 cm³/mol. The van der Waals surface area contributed by atoms with Crippen LogP contribution >= 0.6 is 0 Å². The first-order valence-corrected chi connectivity index (χ1v) is 13.1. The molecule has 38 heavy (non-hydrogen) atoms. The summed E-state index contributed by atoms with van der Waals surface area (Å²) in [6.45, 7) is 5.31. The Morgan fingerprint density at radius 1 is 1.18 bits per heavy atom. The zero-order valence-corrected chi connectivity index (χ0v) is 21.4. The molecule has 2 aromatic carbocycles. The van der Waals surface area contributed by atoms with Crippen molar-refractivity contribution in [2.24, 2.45) is 5.92 Å². The lowest BCUT2D eigenvalue weighted by Gasteiger charge is -2.27. The molecule has 0 spiro atoms. The van der Waals surface area contributed by atoms with Gasteiger partial charge in [0.2, 0.25) is 5.91 Å². The molecule has 0 radical (unpaired) electrons. The lowest BCUT2D eigenvalue weighted by atomic mass is 9.93. The van der Waals surface area contributed by atoms with Crippen molar-refractivity contribution in [1.29, 1.82) is 0 Å². The van der Waals surface area contributed by atoms with Gasteiger partial charge in [-0.15, -0.1) is 0 Å². The molecule has 0 bridgehead atoms. The number of ether oxygens (including phenoxy) is 1. The van der Waals surface area contributed by atoms with Crippen LogP contribution in [0.15, 0.2) is 30.3 Å². The first kappa shape index (κ1) is 24.7. The summed E-state index contributed by atoms with van der Waals surface area (Å²) < 4.78 is 47.6. The molecule has 1 amide bonds. The maximum absolute atomic E-state index is 14.9. The Hall–Kier alpha value is -3.62. The molecule has 9 heteroatoms. The summed E-state index contributed by atoms with van der Waals surface area (Å²) in [5, 5.41) is 4.03. The molecule has 1 saturated carbocycles. The molecule has 1 fully saturated rings. The average Bonchev–Trinajstić information content (AvgIpc) is 3.63. The molecule has 3 heterocycles. The summed E-state index contributed by atoms with van der Waals surface area (Å²) in [6, 6.07) is 5.44. The van der Waals surface area contributed by atoms with E-state index in [0.29, 0.717) is 37.8 Å². The Morgan fingerprint density at radius 3 is 2.68 bits per heavy atom. The van der Waals surface area contributed by atoms with Crippen LogP contribution in [0.5, 0.6) is 5.75 Å². The summed E-state index contributed by atoms with van der Waals surface area (Å²) in [4.78, 5) is 23.8. The van der Waals surface area contributed by atoms with E-state index in [1.165, 1.54) is 12.1 Å². The third-order valence-corrected chi connectivity index (χ3v) is 7.66. The summed E-state index contributed by atoms with van der Waals surface area (Å²) in [5.41, 5.74) is 3.37. The zero-order valence-electron chi connectivity index (χ0n) is 21.4. The maximum atomic E-state index is 14.9. The van der Waals surface area contributed by atoms with Gasteiger partial charge in [-0.2, -0.15) is 0 Å². The van der Waals surface area contributed by atoms with Crippen LogP contribution < -0.4 is 10.1 Å². The van der Waals surface area contributed by atoms with Crippen molar-refractivity contribution in [3.8, 4) is 5.75 Å². The molecule has 198 valence electrons. The Balaban J connectivity index is 1.39. The molecule has 0 unspecified atom stereocenters. The van der Waals surface area contributed by atoms with Crippen molar-refractivity contribution in [1.82, 2.24) is 14.9 Å². The maximum Gasteiger partial charge on any atom is 0.266 e. The lowest BCUT2D eigenvalue weighted by Crippen LogP contribution is -2.35. The number of alkyl halides is 2. The SMILES string of the molecule is Cc1nc(N[C@H](C)c2cccc(C(F)F)c2F)c2cc(C3=CCN(C(=O)C4CC4)CC3)c3c(c2n1)CCO3. The zero-order chi connectivity index (χ0) is 26.6. The van der Waals surface area contributed by atoms with Crippen LogP contribution in [0.1, 0.15) is 66.7 Å². The van der Waals surface area contributed by atoms with E-state index in [-0.39, 0.29) is 17.4 Å². The number of aryl methyl sites for hydroxylation is 1. The molecule has 0 saturated heterocycles. The third kappa shape index (κ3) is 4.37. The van der Waals surface area contributed by atoms with E-state index in [2.05, 4.69) is 16.4 Å². The van der Waals surface area contributed by atoms with Gasteiger partial charge in [0, 0.05) is 47.5 Å². The van der Waals surface area contributed by atoms with E-state index in [4.69, 9.17) is 9.72 Å². The van der Waals surface area contributed by atoms with Crippen molar-refractivity contribution < 1.29 is 22.7 Å². The fourth-order valence-electron chi connectivity index (χ4n) is 5.49. The minimum Gasteiger partial charge on any atom is -0.492 e. The fourth-order valence-corrected chi connectivity index (χ4v) is 5.49. The molecule has 2 aliphatic heterocycles. The second-order valence-electron chi connectivity index (χ2n) is 10.3. The third-order valence-electron chi connectivity index (χ3n) is 7.66.